The zero-order valence-corrected chi connectivity index (χ0v) is 12.2. The second-order valence-corrected chi connectivity index (χ2v) is 5.16. The third-order valence-corrected chi connectivity index (χ3v) is 3.29. The molecule has 0 amide bonds. The molecule has 0 unspecified atom stereocenters. The monoisotopic (exact) mass is 295 g/mol. The number of benzene rings is 1. The molecule has 1 fully saturated rings. The molecule has 20 heavy (non-hydrogen) atoms. The smallest absolute Gasteiger partial charge is 0.330 e. The summed E-state index contributed by atoms with van der Waals surface area (Å²) in [5, 5.41) is 0.483. The van der Waals surface area contributed by atoms with Crippen molar-refractivity contribution in [2.24, 2.45) is 5.92 Å². The number of halogens is 1. The predicted molar refractivity (Wildman–Crippen MR) is 79.8 cm³/mol. The molecule has 1 saturated carbocycles. The SMILES string of the molecule is CCOC(=O)C=Cc1cc(OCC2CC2)c(Cl)cc1N. The summed E-state index contributed by atoms with van der Waals surface area (Å²) in [6.45, 7) is 2.77. The van der Waals surface area contributed by atoms with Crippen LogP contribution in [-0.4, -0.2) is 19.2 Å². The molecule has 0 saturated heterocycles. The summed E-state index contributed by atoms with van der Waals surface area (Å²) in [4.78, 5) is 11.3. The molecule has 5 heteroatoms. The molecule has 2 N–H and O–H groups in total. The number of hydrogen-bond donors (Lipinski definition) is 1. The number of nitrogen functional groups attached to an aromatic ring is 1. The van der Waals surface area contributed by atoms with Gasteiger partial charge < -0.3 is 15.2 Å². The number of anilines is 1. The van der Waals surface area contributed by atoms with Gasteiger partial charge in [0.05, 0.1) is 18.2 Å². The maximum atomic E-state index is 11.3. The van der Waals surface area contributed by atoms with Crippen LogP contribution in [0.5, 0.6) is 5.75 Å². The van der Waals surface area contributed by atoms with Gasteiger partial charge in [-0.1, -0.05) is 11.6 Å². The zero-order chi connectivity index (χ0) is 14.5. The Morgan fingerprint density at radius 2 is 2.25 bits per heavy atom. The molecule has 0 radical (unpaired) electrons. The molecule has 108 valence electrons. The van der Waals surface area contributed by atoms with Gasteiger partial charge in [0.2, 0.25) is 0 Å². The van der Waals surface area contributed by atoms with Crippen LogP contribution in [0.15, 0.2) is 18.2 Å². The highest BCUT2D eigenvalue weighted by Crippen LogP contribution is 2.34. The largest absolute Gasteiger partial charge is 0.492 e. The van der Waals surface area contributed by atoms with Crippen molar-refractivity contribution >= 4 is 29.3 Å². The van der Waals surface area contributed by atoms with E-state index in [9.17, 15) is 4.79 Å². The molecule has 1 aromatic rings. The molecular formula is C15H18ClNO3. The van der Waals surface area contributed by atoms with E-state index in [2.05, 4.69) is 0 Å². The molecular weight excluding hydrogens is 278 g/mol. The number of nitrogens with two attached hydrogens (primary N) is 1. The summed E-state index contributed by atoms with van der Waals surface area (Å²) in [5.41, 5.74) is 7.06. The fourth-order valence-corrected chi connectivity index (χ4v) is 1.91. The summed E-state index contributed by atoms with van der Waals surface area (Å²) >= 11 is 6.10. The van der Waals surface area contributed by atoms with Crippen molar-refractivity contribution in [3.8, 4) is 5.75 Å². The van der Waals surface area contributed by atoms with Crippen LogP contribution < -0.4 is 10.5 Å². The Bertz CT molecular complexity index is 524. The number of esters is 1. The lowest BCUT2D eigenvalue weighted by Crippen LogP contribution is -2.01. The lowest BCUT2D eigenvalue weighted by molar-refractivity contribution is -0.137. The zero-order valence-electron chi connectivity index (χ0n) is 11.4. The average Bonchev–Trinajstić information content (AvgIpc) is 3.21. The fourth-order valence-electron chi connectivity index (χ4n) is 1.68. The van der Waals surface area contributed by atoms with Crippen LogP contribution in [-0.2, 0) is 9.53 Å². The topological polar surface area (TPSA) is 61.5 Å². The van der Waals surface area contributed by atoms with Crippen LogP contribution in [0.2, 0.25) is 5.02 Å². The highest BCUT2D eigenvalue weighted by Gasteiger charge is 2.22. The second kappa shape index (κ2) is 6.66. The molecule has 0 spiro atoms. The van der Waals surface area contributed by atoms with E-state index >= 15 is 0 Å². The lowest BCUT2D eigenvalue weighted by Gasteiger charge is -2.10. The first-order valence-corrected chi connectivity index (χ1v) is 7.04. The third-order valence-electron chi connectivity index (χ3n) is 2.99. The third kappa shape index (κ3) is 4.17. The highest BCUT2D eigenvalue weighted by molar-refractivity contribution is 6.32. The maximum Gasteiger partial charge on any atom is 0.330 e. The lowest BCUT2D eigenvalue weighted by atomic mass is 10.1. The number of carbonyl (C=O) groups excluding carboxylic acids is 1. The van der Waals surface area contributed by atoms with Crippen LogP contribution in [0.25, 0.3) is 6.08 Å². The Labute approximate surface area is 123 Å². The van der Waals surface area contributed by atoms with Gasteiger partial charge in [0.15, 0.2) is 0 Å². The molecule has 2 rings (SSSR count). The van der Waals surface area contributed by atoms with Gasteiger partial charge in [-0.2, -0.15) is 0 Å². The Balaban J connectivity index is 2.10. The standard InChI is InChI=1S/C15H18ClNO3/c1-2-19-15(18)6-5-11-7-14(12(16)8-13(11)17)20-9-10-3-4-10/h5-8,10H,2-4,9,17H2,1H3. The van der Waals surface area contributed by atoms with Crippen molar-refractivity contribution < 1.29 is 14.3 Å². The number of hydrogen-bond acceptors (Lipinski definition) is 4. The number of rotatable bonds is 6. The maximum absolute atomic E-state index is 11.3. The summed E-state index contributed by atoms with van der Waals surface area (Å²) in [6, 6.07) is 3.38. The molecule has 1 aromatic carbocycles. The van der Waals surface area contributed by atoms with Crippen LogP contribution in [0, 0.1) is 5.92 Å². The van der Waals surface area contributed by atoms with Crippen LogP contribution in [0.3, 0.4) is 0 Å². The summed E-state index contributed by atoms with van der Waals surface area (Å²) < 4.78 is 10.5. The van der Waals surface area contributed by atoms with E-state index in [0.29, 0.717) is 41.2 Å². The van der Waals surface area contributed by atoms with Gasteiger partial charge in [0.25, 0.3) is 0 Å². The molecule has 0 atom stereocenters. The van der Waals surface area contributed by atoms with Crippen molar-refractivity contribution in [1.82, 2.24) is 0 Å². The van der Waals surface area contributed by atoms with E-state index in [-0.39, 0.29) is 0 Å². The van der Waals surface area contributed by atoms with Gasteiger partial charge in [-0.05, 0) is 43.9 Å². The van der Waals surface area contributed by atoms with E-state index < -0.39 is 5.97 Å². The van der Waals surface area contributed by atoms with Gasteiger partial charge in [-0.3, -0.25) is 0 Å². The van der Waals surface area contributed by atoms with E-state index in [1.807, 2.05) is 0 Å². The Kier molecular flexibility index (Phi) is 4.90. The van der Waals surface area contributed by atoms with Crippen molar-refractivity contribution in [1.29, 1.82) is 0 Å². The van der Waals surface area contributed by atoms with E-state index in [1.54, 1.807) is 25.1 Å². The summed E-state index contributed by atoms with van der Waals surface area (Å²) in [6.07, 6.45) is 5.37. The Morgan fingerprint density at radius 3 is 2.90 bits per heavy atom. The van der Waals surface area contributed by atoms with E-state index in [0.717, 1.165) is 0 Å². The first-order chi connectivity index (χ1) is 9.60. The van der Waals surface area contributed by atoms with Crippen LogP contribution >= 0.6 is 11.6 Å². The molecule has 0 heterocycles. The minimum Gasteiger partial charge on any atom is -0.492 e. The quantitative estimate of drug-likeness (QED) is 0.497. The molecule has 1 aliphatic carbocycles. The Morgan fingerprint density at radius 1 is 1.50 bits per heavy atom. The van der Waals surface area contributed by atoms with E-state index in [1.165, 1.54) is 18.9 Å². The number of ether oxygens (including phenoxy) is 2. The summed E-state index contributed by atoms with van der Waals surface area (Å²) in [5.74, 6) is 0.834. The first kappa shape index (κ1) is 14.7. The van der Waals surface area contributed by atoms with Crippen molar-refractivity contribution in [3.63, 3.8) is 0 Å². The normalized spacial score (nSPS) is 14.5. The van der Waals surface area contributed by atoms with Gasteiger partial charge in [-0.15, -0.1) is 0 Å². The van der Waals surface area contributed by atoms with Gasteiger partial charge in [0.1, 0.15) is 5.75 Å². The molecule has 4 nitrogen and oxygen atoms in total. The average molecular weight is 296 g/mol. The van der Waals surface area contributed by atoms with E-state index in [4.69, 9.17) is 26.8 Å². The molecule has 0 bridgehead atoms. The molecule has 0 aliphatic heterocycles. The van der Waals surface area contributed by atoms with Crippen LogP contribution in [0.4, 0.5) is 5.69 Å². The fraction of sp³-hybridized carbons (Fsp3) is 0.400. The first-order valence-electron chi connectivity index (χ1n) is 6.66. The van der Waals surface area contributed by atoms with Gasteiger partial charge in [-0.25, -0.2) is 4.79 Å². The van der Waals surface area contributed by atoms with Crippen molar-refractivity contribution in [2.75, 3.05) is 18.9 Å². The summed E-state index contributed by atoms with van der Waals surface area (Å²) in [7, 11) is 0. The molecule has 1 aliphatic rings. The van der Waals surface area contributed by atoms with Crippen molar-refractivity contribution in [2.45, 2.75) is 19.8 Å². The second-order valence-electron chi connectivity index (χ2n) is 4.75. The van der Waals surface area contributed by atoms with Crippen molar-refractivity contribution in [3.05, 3.63) is 28.8 Å². The minimum atomic E-state index is -0.401. The molecule has 0 aromatic heterocycles. The minimum absolute atomic E-state index is 0.342. The van der Waals surface area contributed by atoms with Crippen LogP contribution in [0.1, 0.15) is 25.3 Å². The Hall–Kier alpha value is -1.68. The highest BCUT2D eigenvalue weighted by atomic mass is 35.5. The van der Waals surface area contributed by atoms with Gasteiger partial charge in [0, 0.05) is 17.3 Å². The predicted octanol–water partition coefficient (Wildman–Crippen LogP) is 3.29. The number of carbonyl (C=O) groups is 1. The van der Waals surface area contributed by atoms with Gasteiger partial charge >= 0.3 is 5.97 Å².